The Kier molecular flexibility index (Phi) is 4.49. The van der Waals surface area contributed by atoms with Crippen LogP contribution in [0.4, 0.5) is 5.69 Å². The molecular weight excluding hydrogens is 268 g/mol. The lowest BCUT2D eigenvalue weighted by Crippen LogP contribution is -2.47. The van der Waals surface area contributed by atoms with E-state index in [9.17, 15) is 0 Å². The fourth-order valence-corrected chi connectivity index (χ4v) is 3.24. The fourth-order valence-electron chi connectivity index (χ4n) is 3.24. The van der Waals surface area contributed by atoms with Gasteiger partial charge in [0, 0.05) is 30.9 Å². The van der Waals surface area contributed by atoms with Crippen LogP contribution in [0.3, 0.4) is 0 Å². The number of fused-ring (bicyclic) bond motifs is 1. The number of hydrogen-bond acceptors (Lipinski definition) is 2. The average Bonchev–Trinajstić information content (AvgIpc) is 2.65. The van der Waals surface area contributed by atoms with Crippen LogP contribution in [0.5, 0.6) is 0 Å². The molecule has 1 heterocycles. The summed E-state index contributed by atoms with van der Waals surface area (Å²) in [4.78, 5) is 2.55. The maximum atomic E-state index is 3.67. The highest BCUT2D eigenvalue weighted by molar-refractivity contribution is 5.55. The standard InChI is InChI=1S/C20H26N2/c1-20(2)16-22(14-8-11-17-9-4-3-5-10-17)19-13-7-6-12-18(19)15-21-20/h3-7,9-10,12-13,21H,8,11,14-16H2,1-2H3. The zero-order valence-corrected chi connectivity index (χ0v) is 13.7. The van der Waals surface area contributed by atoms with Crippen molar-refractivity contribution in [3.05, 3.63) is 65.7 Å². The van der Waals surface area contributed by atoms with E-state index >= 15 is 0 Å². The van der Waals surface area contributed by atoms with Crippen molar-refractivity contribution in [2.24, 2.45) is 0 Å². The molecule has 0 atom stereocenters. The summed E-state index contributed by atoms with van der Waals surface area (Å²) in [6, 6.07) is 19.6. The third-order valence-electron chi connectivity index (χ3n) is 4.41. The fraction of sp³-hybridized carbons (Fsp3) is 0.400. The molecule has 2 aromatic rings. The van der Waals surface area contributed by atoms with Crippen molar-refractivity contribution in [2.45, 2.75) is 38.8 Å². The number of rotatable bonds is 4. The van der Waals surface area contributed by atoms with Crippen LogP contribution in [-0.4, -0.2) is 18.6 Å². The molecule has 0 radical (unpaired) electrons. The van der Waals surface area contributed by atoms with Gasteiger partial charge in [0.05, 0.1) is 0 Å². The molecule has 0 amide bonds. The maximum Gasteiger partial charge on any atom is 0.0412 e. The minimum Gasteiger partial charge on any atom is -0.369 e. The second-order valence-electron chi connectivity index (χ2n) is 6.88. The predicted molar refractivity (Wildman–Crippen MR) is 94.3 cm³/mol. The molecule has 2 heteroatoms. The number of hydrogen-bond donors (Lipinski definition) is 1. The lowest BCUT2D eigenvalue weighted by molar-refractivity contribution is 0.395. The van der Waals surface area contributed by atoms with E-state index in [-0.39, 0.29) is 5.54 Å². The molecule has 0 saturated carbocycles. The van der Waals surface area contributed by atoms with Crippen LogP contribution in [0, 0.1) is 0 Å². The Morgan fingerprint density at radius 3 is 2.55 bits per heavy atom. The molecule has 116 valence electrons. The Morgan fingerprint density at radius 1 is 1.00 bits per heavy atom. The van der Waals surface area contributed by atoms with E-state index in [4.69, 9.17) is 0 Å². The van der Waals surface area contributed by atoms with Gasteiger partial charge < -0.3 is 10.2 Å². The van der Waals surface area contributed by atoms with Crippen LogP contribution < -0.4 is 10.2 Å². The van der Waals surface area contributed by atoms with Gasteiger partial charge in [-0.15, -0.1) is 0 Å². The largest absolute Gasteiger partial charge is 0.369 e. The number of para-hydroxylation sites is 1. The van der Waals surface area contributed by atoms with Crippen molar-refractivity contribution in [3.63, 3.8) is 0 Å². The monoisotopic (exact) mass is 294 g/mol. The smallest absolute Gasteiger partial charge is 0.0412 e. The van der Waals surface area contributed by atoms with Gasteiger partial charge in [-0.05, 0) is 43.9 Å². The average molecular weight is 294 g/mol. The summed E-state index contributed by atoms with van der Waals surface area (Å²) in [6.45, 7) is 7.71. The summed E-state index contributed by atoms with van der Waals surface area (Å²) in [7, 11) is 0. The summed E-state index contributed by atoms with van der Waals surface area (Å²) < 4.78 is 0. The molecule has 3 rings (SSSR count). The Hall–Kier alpha value is -1.80. The van der Waals surface area contributed by atoms with Gasteiger partial charge >= 0.3 is 0 Å². The highest BCUT2D eigenvalue weighted by Crippen LogP contribution is 2.26. The summed E-state index contributed by atoms with van der Waals surface area (Å²) in [5.74, 6) is 0. The van der Waals surface area contributed by atoms with E-state index in [1.807, 2.05) is 0 Å². The minimum atomic E-state index is 0.145. The van der Waals surface area contributed by atoms with Crippen molar-refractivity contribution in [2.75, 3.05) is 18.0 Å². The van der Waals surface area contributed by atoms with Gasteiger partial charge in [0.2, 0.25) is 0 Å². The van der Waals surface area contributed by atoms with E-state index in [0.29, 0.717) is 0 Å². The SMILES string of the molecule is CC1(C)CN(CCCc2ccccc2)c2ccccc2CN1. The molecule has 22 heavy (non-hydrogen) atoms. The van der Waals surface area contributed by atoms with Crippen LogP contribution in [0.1, 0.15) is 31.4 Å². The first kappa shape index (κ1) is 15.1. The molecular formula is C20H26N2. The van der Waals surface area contributed by atoms with Crippen LogP contribution in [-0.2, 0) is 13.0 Å². The zero-order chi connectivity index (χ0) is 15.4. The van der Waals surface area contributed by atoms with Crippen LogP contribution in [0.25, 0.3) is 0 Å². The molecule has 0 spiro atoms. The predicted octanol–water partition coefficient (Wildman–Crippen LogP) is 4.01. The Bertz CT molecular complexity index is 604. The van der Waals surface area contributed by atoms with Crippen LogP contribution in [0.2, 0.25) is 0 Å². The molecule has 2 nitrogen and oxygen atoms in total. The van der Waals surface area contributed by atoms with Gasteiger partial charge in [-0.1, -0.05) is 48.5 Å². The molecule has 0 aliphatic carbocycles. The van der Waals surface area contributed by atoms with Crippen LogP contribution >= 0.6 is 0 Å². The lowest BCUT2D eigenvalue weighted by atomic mass is 10.0. The van der Waals surface area contributed by atoms with E-state index in [0.717, 1.165) is 26.1 Å². The van der Waals surface area contributed by atoms with Gasteiger partial charge in [0.15, 0.2) is 0 Å². The normalized spacial score (nSPS) is 16.9. The maximum absolute atomic E-state index is 3.67. The lowest BCUT2D eigenvalue weighted by Gasteiger charge is -2.32. The van der Waals surface area contributed by atoms with Crippen molar-refractivity contribution in [1.29, 1.82) is 0 Å². The van der Waals surface area contributed by atoms with Crippen molar-refractivity contribution in [3.8, 4) is 0 Å². The number of aryl methyl sites for hydroxylation is 1. The molecule has 1 aliphatic rings. The van der Waals surface area contributed by atoms with Crippen molar-refractivity contribution >= 4 is 5.69 Å². The molecule has 0 aromatic heterocycles. The first-order valence-electron chi connectivity index (χ1n) is 8.26. The summed E-state index contributed by atoms with van der Waals surface area (Å²) in [5.41, 5.74) is 4.38. The molecule has 0 saturated heterocycles. The molecule has 0 bridgehead atoms. The van der Waals surface area contributed by atoms with E-state index in [1.54, 1.807) is 0 Å². The topological polar surface area (TPSA) is 15.3 Å². The second-order valence-corrected chi connectivity index (χ2v) is 6.88. The Balaban J connectivity index is 1.70. The number of nitrogens with one attached hydrogen (secondary N) is 1. The number of nitrogens with zero attached hydrogens (tertiary/aromatic N) is 1. The van der Waals surface area contributed by atoms with E-state index in [1.165, 1.54) is 23.2 Å². The first-order valence-corrected chi connectivity index (χ1v) is 8.26. The van der Waals surface area contributed by atoms with Crippen LogP contribution in [0.15, 0.2) is 54.6 Å². The molecule has 0 fully saturated rings. The Labute approximate surface area is 134 Å². The minimum absolute atomic E-state index is 0.145. The van der Waals surface area contributed by atoms with E-state index in [2.05, 4.69) is 78.7 Å². The van der Waals surface area contributed by atoms with Gasteiger partial charge in [0.1, 0.15) is 0 Å². The first-order chi connectivity index (χ1) is 10.6. The van der Waals surface area contributed by atoms with Gasteiger partial charge in [-0.25, -0.2) is 0 Å². The Morgan fingerprint density at radius 2 is 1.73 bits per heavy atom. The molecule has 1 aliphatic heterocycles. The quantitative estimate of drug-likeness (QED) is 0.916. The van der Waals surface area contributed by atoms with Crippen molar-refractivity contribution in [1.82, 2.24) is 5.32 Å². The second kappa shape index (κ2) is 6.53. The third-order valence-corrected chi connectivity index (χ3v) is 4.41. The summed E-state index contributed by atoms with van der Waals surface area (Å²) >= 11 is 0. The highest BCUT2D eigenvalue weighted by atomic mass is 15.2. The number of anilines is 1. The van der Waals surface area contributed by atoms with Gasteiger partial charge in [0.25, 0.3) is 0 Å². The molecule has 1 N–H and O–H groups in total. The van der Waals surface area contributed by atoms with E-state index < -0.39 is 0 Å². The van der Waals surface area contributed by atoms with Gasteiger partial charge in [-0.3, -0.25) is 0 Å². The third kappa shape index (κ3) is 3.69. The zero-order valence-electron chi connectivity index (χ0n) is 13.7. The molecule has 0 unspecified atom stereocenters. The van der Waals surface area contributed by atoms with Gasteiger partial charge in [-0.2, -0.15) is 0 Å². The summed E-state index contributed by atoms with van der Waals surface area (Å²) in [5, 5.41) is 3.67. The highest BCUT2D eigenvalue weighted by Gasteiger charge is 2.26. The van der Waals surface area contributed by atoms with Crippen molar-refractivity contribution < 1.29 is 0 Å². The summed E-state index contributed by atoms with van der Waals surface area (Å²) in [6.07, 6.45) is 2.34. The molecule has 2 aromatic carbocycles. The number of benzene rings is 2.